The Hall–Kier alpha value is -0.570. The van der Waals surface area contributed by atoms with Crippen LogP contribution in [0.3, 0.4) is 0 Å². The number of hydrogen-bond donors (Lipinski definition) is 1. The molecule has 1 rings (SSSR count). The highest BCUT2D eigenvalue weighted by Gasteiger charge is 2.26. The van der Waals surface area contributed by atoms with E-state index in [1.165, 1.54) is 6.42 Å². The van der Waals surface area contributed by atoms with Crippen LogP contribution < -0.4 is 5.73 Å². The van der Waals surface area contributed by atoms with Gasteiger partial charge in [-0.3, -0.25) is 4.79 Å². The Labute approximate surface area is 127 Å². The molecule has 1 saturated carbocycles. The third kappa shape index (κ3) is 8.57. The molecule has 2 N–H and O–H groups in total. The number of ether oxygens (including phenoxy) is 1. The van der Waals surface area contributed by atoms with Gasteiger partial charge in [-0.15, -0.1) is 0 Å². The lowest BCUT2D eigenvalue weighted by molar-refractivity contribution is -0.150. The Bertz CT molecular complexity index is 239. The van der Waals surface area contributed by atoms with Crippen molar-refractivity contribution in [2.24, 2.45) is 23.5 Å². The molecular weight excluding hydrogens is 250 g/mol. The quantitative estimate of drug-likeness (QED) is 0.558. The molecule has 0 saturated heterocycles. The largest absolute Gasteiger partial charge is 0.465 e. The van der Waals surface area contributed by atoms with Crippen LogP contribution in [0.1, 0.15) is 74.1 Å². The molecule has 20 heavy (non-hydrogen) atoms. The normalized spacial score (nSPS) is 22.1. The van der Waals surface area contributed by atoms with Crippen LogP contribution in [0.2, 0.25) is 0 Å². The molecule has 0 radical (unpaired) electrons. The number of unbranched alkanes of at least 4 members (excludes halogenated alkanes) is 1. The van der Waals surface area contributed by atoms with E-state index in [1.54, 1.807) is 0 Å². The highest BCUT2D eigenvalue weighted by atomic mass is 16.5. The lowest BCUT2D eigenvalue weighted by Crippen LogP contribution is -2.27. The molecule has 0 unspecified atom stereocenters. The van der Waals surface area contributed by atoms with Crippen molar-refractivity contribution in [2.45, 2.75) is 72.6 Å². The summed E-state index contributed by atoms with van der Waals surface area (Å²) in [6, 6.07) is 0. The third-order valence-electron chi connectivity index (χ3n) is 3.93. The first-order valence-corrected chi connectivity index (χ1v) is 8.50. The fourth-order valence-electron chi connectivity index (χ4n) is 2.58. The van der Waals surface area contributed by atoms with E-state index in [-0.39, 0.29) is 13.3 Å². The smallest absolute Gasteiger partial charge is 0.308 e. The van der Waals surface area contributed by atoms with Crippen molar-refractivity contribution in [2.75, 3.05) is 13.2 Å². The SMILES string of the molecule is CC.CC(C)CCCCOC(=O)C1CCC(CN)CC1.[HH]. The first-order valence-electron chi connectivity index (χ1n) is 8.50. The van der Waals surface area contributed by atoms with E-state index < -0.39 is 0 Å². The van der Waals surface area contributed by atoms with Crippen LogP contribution in [0.5, 0.6) is 0 Å². The summed E-state index contributed by atoms with van der Waals surface area (Å²) in [5.41, 5.74) is 5.65. The van der Waals surface area contributed by atoms with Crippen LogP contribution in [-0.2, 0) is 9.53 Å². The summed E-state index contributed by atoms with van der Waals surface area (Å²) in [6.45, 7) is 9.81. The van der Waals surface area contributed by atoms with Crippen LogP contribution in [0, 0.1) is 17.8 Å². The topological polar surface area (TPSA) is 52.3 Å². The highest BCUT2D eigenvalue weighted by Crippen LogP contribution is 2.28. The number of rotatable bonds is 7. The van der Waals surface area contributed by atoms with E-state index >= 15 is 0 Å². The molecule has 0 aromatic carbocycles. The van der Waals surface area contributed by atoms with Gasteiger partial charge in [0.25, 0.3) is 0 Å². The zero-order valence-corrected chi connectivity index (χ0v) is 14.0. The molecule has 0 amide bonds. The molecule has 0 aromatic rings. The van der Waals surface area contributed by atoms with Gasteiger partial charge in [-0.1, -0.05) is 34.1 Å². The monoisotopic (exact) mass is 287 g/mol. The first kappa shape index (κ1) is 19.4. The van der Waals surface area contributed by atoms with Crippen molar-refractivity contribution >= 4 is 5.97 Å². The first-order chi connectivity index (χ1) is 9.63. The average Bonchev–Trinajstić information content (AvgIpc) is 2.48. The Kier molecular flexibility index (Phi) is 11.8. The molecule has 3 nitrogen and oxygen atoms in total. The summed E-state index contributed by atoms with van der Waals surface area (Å²) in [5.74, 6) is 1.53. The van der Waals surface area contributed by atoms with E-state index in [9.17, 15) is 4.79 Å². The van der Waals surface area contributed by atoms with Gasteiger partial charge in [0, 0.05) is 1.43 Å². The Morgan fingerprint density at radius 1 is 1.20 bits per heavy atom. The van der Waals surface area contributed by atoms with E-state index in [0.29, 0.717) is 12.5 Å². The minimum absolute atomic E-state index is 0. The van der Waals surface area contributed by atoms with Gasteiger partial charge in [0.1, 0.15) is 0 Å². The second kappa shape index (κ2) is 12.2. The number of hydrogen-bond acceptors (Lipinski definition) is 3. The van der Waals surface area contributed by atoms with Gasteiger partial charge in [-0.05, 0) is 56.9 Å². The van der Waals surface area contributed by atoms with Crippen molar-refractivity contribution in [1.82, 2.24) is 0 Å². The van der Waals surface area contributed by atoms with Gasteiger partial charge in [0.2, 0.25) is 0 Å². The summed E-state index contributed by atoms with van der Waals surface area (Å²) >= 11 is 0. The maximum atomic E-state index is 11.8. The molecular formula is C17H37NO2. The minimum atomic E-state index is 0. The standard InChI is InChI=1S/C15H29NO2.C2H6.H2/c1-12(2)5-3-4-10-18-15(17)14-8-6-13(11-16)7-9-14;1-2;/h12-14H,3-11,16H2,1-2H3;1-2H3;1H. The molecule has 0 heterocycles. The maximum Gasteiger partial charge on any atom is 0.308 e. The van der Waals surface area contributed by atoms with E-state index in [0.717, 1.165) is 51.0 Å². The van der Waals surface area contributed by atoms with Crippen molar-refractivity contribution in [3.63, 3.8) is 0 Å². The predicted molar refractivity (Wildman–Crippen MR) is 87.6 cm³/mol. The van der Waals surface area contributed by atoms with Crippen molar-refractivity contribution in [3.05, 3.63) is 0 Å². The Morgan fingerprint density at radius 3 is 2.30 bits per heavy atom. The zero-order chi connectivity index (χ0) is 15.4. The van der Waals surface area contributed by atoms with Gasteiger partial charge in [-0.25, -0.2) is 0 Å². The van der Waals surface area contributed by atoms with Gasteiger partial charge in [-0.2, -0.15) is 0 Å². The molecule has 1 aliphatic rings. The van der Waals surface area contributed by atoms with Crippen molar-refractivity contribution < 1.29 is 11.0 Å². The summed E-state index contributed by atoms with van der Waals surface area (Å²) in [4.78, 5) is 11.8. The van der Waals surface area contributed by atoms with Crippen LogP contribution >= 0.6 is 0 Å². The second-order valence-corrected chi connectivity index (χ2v) is 6.01. The molecule has 0 aliphatic heterocycles. The van der Waals surface area contributed by atoms with Gasteiger partial charge >= 0.3 is 5.97 Å². The van der Waals surface area contributed by atoms with E-state index in [1.807, 2.05) is 13.8 Å². The average molecular weight is 287 g/mol. The highest BCUT2D eigenvalue weighted by molar-refractivity contribution is 5.72. The van der Waals surface area contributed by atoms with Gasteiger partial charge in [0.15, 0.2) is 0 Å². The molecule has 0 bridgehead atoms. The lowest BCUT2D eigenvalue weighted by Gasteiger charge is -2.26. The summed E-state index contributed by atoms with van der Waals surface area (Å²) < 4.78 is 5.36. The van der Waals surface area contributed by atoms with Crippen LogP contribution in [-0.4, -0.2) is 19.1 Å². The molecule has 1 fully saturated rings. The molecule has 3 heteroatoms. The molecule has 0 spiro atoms. The summed E-state index contributed by atoms with van der Waals surface area (Å²) in [7, 11) is 0. The number of carbonyl (C=O) groups is 1. The number of esters is 1. The summed E-state index contributed by atoms with van der Waals surface area (Å²) in [6.07, 6.45) is 7.48. The van der Waals surface area contributed by atoms with Crippen LogP contribution in [0.4, 0.5) is 0 Å². The molecule has 1 aliphatic carbocycles. The number of nitrogens with two attached hydrogens (primary N) is 1. The van der Waals surface area contributed by atoms with Gasteiger partial charge in [0.05, 0.1) is 12.5 Å². The van der Waals surface area contributed by atoms with Crippen LogP contribution in [0.15, 0.2) is 0 Å². The summed E-state index contributed by atoms with van der Waals surface area (Å²) in [5, 5.41) is 0. The van der Waals surface area contributed by atoms with Crippen molar-refractivity contribution in [3.8, 4) is 0 Å². The Balaban J connectivity index is 0. The predicted octanol–water partition coefficient (Wildman–Crippen LogP) is 4.39. The van der Waals surface area contributed by atoms with Crippen molar-refractivity contribution in [1.29, 1.82) is 0 Å². The van der Waals surface area contributed by atoms with Crippen LogP contribution in [0.25, 0.3) is 0 Å². The van der Waals surface area contributed by atoms with Gasteiger partial charge < -0.3 is 10.5 Å². The maximum absolute atomic E-state index is 11.8. The second-order valence-electron chi connectivity index (χ2n) is 6.01. The third-order valence-corrected chi connectivity index (χ3v) is 3.93. The fraction of sp³-hybridized carbons (Fsp3) is 0.941. The fourth-order valence-corrected chi connectivity index (χ4v) is 2.58. The molecule has 122 valence electrons. The number of carbonyl (C=O) groups excluding carboxylic acids is 1. The zero-order valence-electron chi connectivity index (χ0n) is 14.0. The van der Waals surface area contributed by atoms with E-state index in [4.69, 9.17) is 10.5 Å². The molecule has 0 atom stereocenters. The van der Waals surface area contributed by atoms with E-state index in [2.05, 4.69) is 13.8 Å². The minimum Gasteiger partial charge on any atom is -0.465 e. The Morgan fingerprint density at radius 2 is 1.80 bits per heavy atom. The molecule has 0 aromatic heterocycles. The lowest BCUT2D eigenvalue weighted by atomic mass is 9.82.